The molecule has 6 heteroatoms. The van der Waals surface area contributed by atoms with Gasteiger partial charge in [-0.2, -0.15) is 0 Å². The number of unbranched alkanes of at least 4 members (excludes halogenated alkanes) is 1. The van der Waals surface area contributed by atoms with Crippen LogP contribution in [-0.4, -0.2) is 29.2 Å². The lowest BCUT2D eigenvalue weighted by Gasteiger charge is -2.14. The minimum absolute atomic E-state index is 0.0960. The van der Waals surface area contributed by atoms with E-state index in [0.29, 0.717) is 29.7 Å². The lowest BCUT2D eigenvalue weighted by Crippen LogP contribution is -2.23. The molecule has 27 heavy (non-hydrogen) atoms. The molecule has 1 heterocycles. The van der Waals surface area contributed by atoms with Gasteiger partial charge in [0.05, 0.1) is 23.7 Å². The van der Waals surface area contributed by atoms with Crippen LogP contribution in [0.5, 0.6) is 0 Å². The standard InChI is InChI=1S/C21H23N3O3/c1-15-23-18-12-8-11-17(22-14-7-6-13-19(25)27-2)20(18)21(26)24(15)16-9-4-3-5-10-16/h3-5,8-12,22H,6-7,13-14H2,1-2H3. The largest absolute Gasteiger partial charge is 0.469 e. The maximum Gasteiger partial charge on any atom is 0.305 e. The summed E-state index contributed by atoms with van der Waals surface area (Å²) in [7, 11) is 1.39. The van der Waals surface area contributed by atoms with Crippen molar-refractivity contribution in [1.29, 1.82) is 0 Å². The third-order valence-electron chi connectivity index (χ3n) is 4.43. The Balaban J connectivity index is 1.89. The summed E-state index contributed by atoms with van der Waals surface area (Å²) in [6.45, 7) is 2.50. The number of aryl methyl sites for hydroxylation is 1. The Bertz CT molecular complexity index is 997. The van der Waals surface area contributed by atoms with Gasteiger partial charge in [-0.15, -0.1) is 0 Å². The Morgan fingerprint density at radius 1 is 1.11 bits per heavy atom. The lowest BCUT2D eigenvalue weighted by atomic mass is 10.1. The minimum Gasteiger partial charge on any atom is -0.469 e. The summed E-state index contributed by atoms with van der Waals surface area (Å²) in [5.74, 6) is 0.444. The first-order valence-electron chi connectivity index (χ1n) is 9.00. The molecule has 0 bridgehead atoms. The first kappa shape index (κ1) is 18.6. The van der Waals surface area contributed by atoms with Crippen molar-refractivity contribution < 1.29 is 9.53 Å². The predicted molar refractivity (Wildman–Crippen MR) is 106 cm³/mol. The number of aromatic nitrogens is 2. The van der Waals surface area contributed by atoms with Crippen LogP contribution in [0.25, 0.3) is 16.6 Å². The van der Waals surface area contributed by atoms with Crippen molar-refractivity contribution in [2.45, 2.75) is 26.2 Å². The monoisotopic (exact) mass is 365 g/mol. The summed E-state index contributed by atoms with van der Waals surface area (Å²) >= 11 is 0. The highest BCUT2D eigenvalue weighted by molar-refractivity contribution is 5.90. The van der Waals surface area contributed by atoms with Crippen molar-refractivity contribution in [2.24, 2.45) is 0 Å². The van der Waals surface area contributed by atoms with E-state index in [0.717, 1.165) is 24.2 Å². The van der Waals surface area contributed by atoms with Crippen molar-refractivity contribution >= 4 is 22.6 Å². The molecular formula is C21H23N3O3. The molecule has 3 rings (SSSR count). The lowest BCUT2D eigenvalue weighted by molar-refractivity contribution is -0.140. The molecule has 140 valence electrons. The number of ether oxygens (including phenoxy) is 1. The Morgan fingerprint density at radius 2 is 1.89 bits per heavy atom. The summed E-state index contributed by atoms with van der Waals surface area (Å²) < 4.78 is 6.27. The second-order valence-electron chi connectivity index (χ2n) is 6.29. The van der Waals surface area contributed by atoms with Gasteiger partial charge in [-0.05, 0) is 44.0 Å². The average Bonchev–Trinajstić information content (AvgIpc) is 2.68. The second-order valence-corrected chi connectivity index (χ2v) is 6.29. The van der Waals surface area contributed by atoms with Crippen LogP contribution in [0.4, 0.5) is 5.69 Å². The van der Waals surface area contributed by atoms with Gasteiger partial charge in [0.25, 0.3) is 5.56 Å². The number of hydrogen-bond donors (Lipinski definition) is 1. The number of anilines is 1. The summed E-state index contributed by atoms with van der Waals surface area (Å²) in [6, 6.07) is 15.1. The maximum absolute atomic E-state index is 13.2. The highest BCUT2D eigenvalue weighted by Gasteiger charge is 2.13. The van der Waals surface area contributed by atoms with E-state index in [-0.39, 0.29) is 11.5 Å². The van der Waals surface area contributed by atoms with Gasteiger partial charge in [0, 0.05) is 18.7 Å². The Morgan fingerprint density at radius 3 is 2.63 bits per heavy atom. The molecule has 1 N–H and O–H groups in total. The fraction of sp³-hybridized carbons (Fsp3) is 0.286. The number of nitrogens with zero attached hydrogens (tertiary/aromatic N) is 2. The maximum atomic E-state index is 13.2. The van der Waals surface area contributed by atoms with Crippen LogP contribution >= 0.6 is 0 Å². The molecule has 0 aliphatic heterocycles. The van der Waals surface area contributed by atoms with Gasteiger partial charge in [0.15, 0.2) is 0 Å². The zero-order valence-electron chi connectivity index (χ0n) is 15.6. The van der Waals surface area contributed by atoms with Gasteiger partial charge in [0.2, 0.25) is 0 Å². The molecule has 2 aromatic carbocycles. The highest BCUT2D eigenvalue weighted by atomic mass is 16.5. The number of hydrogen-bond acceptors (Lipinski definition) is 5. The van der Waals surface area contributed by atoms with Gasteiger partial charge >= 0.3 is 5.97 Å². The Kier molecular flexibility index (Phi) is 5.86. The summed E-state index contributed by atoms with van der Waals surface area (Å²) in [6.07, 6.45) is 1.93. The number of fused-ring (bicyclic) bond motifs is 1. The first-order chi connectivity index (χ1) is 13.1. The van der Waals surface area contributed by atoms with Crippen molar-refractivity contribution in [2.75, 3.05) is 19.0 Å². The SMILES string of the molecule is COC(=O)CCCCNc1cccc2nc(C)n(-c3ccccc3)c(=O)c12. The number of carbonyl (C=O) groups is 1. The third kappa shape index (κ3) is 4.16. The molecule has 0 saturated heterocycles. The number of para-hydroxylation sites is 1. The number of benzene rings is 2. The molecule has 0 atom stereocenters. The van der Waals surface area contributed by atoms with Crippen LogP contribution < -0.4 is 10.9 Å². The summed E-state index contributed by atoms with van der Waals surface area (Å²) in [5, 5.41) is 3.88. The van der Waals surface area contributed by atoms with Crippen LogP contribution in [0.3, 0.4) is 0 Å². The molecular weight excluding hydrogens is 342 g/mol. The normalized spacial score (nSPS) is 10.7. The van der Waals surface area contributed by atoms with Crippen molar-refractivity contribution in [3.8, 4) is 5.69 Å². The molecule has 0 unspecified atom stereocenters. The van der Waals surface area contributed by atoms with Crippen LogP contribution in [0.2, 0.25) is 0 Å². The molecule has 1 aromatic heterocycles. The average molecular weight is 365 g/mol. The second kappa shape index (κ2) is 8.49. The zero-order valence-corrected chi connectivity index (χ0v) is 15.6. The molecule has 0 fully saturated rings. The van der Waals surface area contributed by atoms with E-state index in [1.54, 1.807) is 4.57 Å². The quantitative estimate of drug-likeness (QED) is 0.513. The van der Waals surface area contributed by atoms with E-state index in [4.69, 9.17) is 0 Å². The molecule has 0 radical (unpaired) electrons. The zero-order chi connectivity index (χ0) is 19.2. The molecule has 0 spiro atoms. The number of rotatable bonds is 7. The van der Waals surface area contributed by atoms with Crippen LogP contribution in [0.1, 0.15) is 25.1 Å². The molecule has 3 aromatic rings. The number of methoxy groups -OCH3 is 1. The van der Waals surface area contributed by atoms with E-state index in [1.807, 2.05) is 55.5 Å². The van der Waals surface area contributed by atoms with Gasteiger partial charge in [-0.3, -0.25) is 14.2 Å². The molecule has 0 amide bonds. The molecule has 6 nitrogen and oxygen atoms in total. The minimum atomic E-state index is -0.203. The highest BCUT2D eigenvalue weighted by Crippen LogP contribution is 2.20. The van der Waals surface area contributed by atoms with E-state index in [9.17, 15) is 9.59 Å². The summed E-state index contributed by atoms with van der Waals surface area (Å²) in [4.78, 5) is 29.0. The van der Waals surface area contributed by atoms with Crippen molar-refractivity contribution in [3.63, 3.8) is 0 Å². The summed E-state index contributed by atoms with van der Waals surface area (Å²) in [5.41, 5.74) is 2.13. The fourth-order valence-electron chi connectivity index (χ4n) is 3.09. The van der Waals surface area contributed by atoms with Crippen LogP contribution in [0.15, 0.2) is 53.3 Å². The smallest absolute Gasteiger partial charge is 0.305 e. The third-order valence-corrected chi connectivity index (χ3v) is 4.43. The first-order valence-corrected chi connectivity index (χ1v) is 9.00. The Hall–Kier alpha value is -3.15. The predicted octanol–water partition coefficient (Wildman–Crippen LogP) is 3.45. The van der Waals surface area contributed by atoms with Crippen molar-refractivity contribution in [1.82, 2.24) is 9.55 Å². The number of carbonyl (C=O) groups excluding carboxylic acids is 1. The fourth-order valence-corrected chi connectivity index (χ4v) is 3.09. The van der Waals surface area contributed by atoms with E-state index >= 15 is 0 Å². The topological polar surface area (TPSA) is 73.2 Å². The molecule has 0 saturated carbocycles. The molecule has 0 aliphatic carbocycles. The van der Waals surface area contributed by atoms with E-state index < -0.39 is 0 Å². The van der Waals surface area contributed by atoms with Crippen LogP contribution in [-0.2, 0) is 9.53 Å². The van der Waals surface area contributed by atoms with E-state index in [2.05, 4.69) is 15.0 Å². The van der Waals surface area contributed by atoms with Crippen molar-refractivity contribution in [3.05, 3.63) is 64.7 Å². The van der Waals surface area contributed by atoms with Gasteiger partial charge < -0.3 is 10.1 Å². The number of nitrogens with one attached hydrogen (secondary N) is 1. The van der Waals surface area contributed by atoms with Gasteiger partial charge in [0.1, 0.15) is 5.82 Å². The number of esters is 1. The molecule has 0 aliphatic rings. The van der Waals surface area contributed by atoms with Gasteiger partial charge in [-0.1, -0.05) is 24.3 Å². The van der Waals surface area contributed by atoms with E-state index in [1.165, 1.54) is 7.11 Å². The Labute approximate surface area is 157 Å². The van der Waals surface area contributed by atoms with Gasteiger partial charge in [-0.25, -0.2) is 4.98 Å². The van der Waals surface area contributed by atoms with Crippen LogP contribution in [0, 0.1) is 6.92 Å².